The summed E-state index contributed by atoms with van der Waals surface area (Å²) >= 11 is 0. The summed E-state index contributed by atoms with van der Waals surface area (Å²) in [7, 11) is 3.43. The molecule has 1 aliphatic rings. The molecule has 2 rings (SSSR count). The minimum absolute atomic E-state index is 0.122. The molecule has 2 atom stereocenters. The van der Waals surface area contributed by atoms with Crippen molar-refractivity contribution in [1.82, 2.24) is 4.98 Å². The number of aromatic nitrogens is 1. The summed E-state index contributed by atoms with van der Waals surface area (Å²) in [5.41, 5.74) is 0.122. The molecular weight excluding hydrogens is 216 g/mol. The molecule has 0 spiro atoms. The second kappa shape index (κ2) is 4.53. The molecule has 0 radical (unpaired) electrons. The van der Waals surface area contributed by atoms with E-state index in [1.807, 2.05) is 12.1 Å². The van der Waals surface area contributed by atoms with Crippen LogP contribution in [0.3, 0.4) is 0 Å². The summed E-state index contributed by atoms with van der Waals surface area (Å²) in [5, 5.41) is 3.44. The molecule has 1 aromatic rings. The largest absolute Gasteiger partial charge is 0.493 e. The van der Waals surface area contributed by atoms with E-state index in [4.69, 9.17) is 9.47 Å². The first kappa shape index (κ1) is 12.2. The van der Waals surface area contributed by atoms with Crippen LogP contribution in [0.2, 0.25) is 0 Å². The Kier molecular flexibility index (Phi) is 3.24. The van der Waals surface area contributed by atoms with Crippen LogP contribution in [0.15, 0.2) is 18.3 Å². The number of anilines is 1. The third-order valence-corrected chi connectivity index (χ3v) is 3.76. The molecule has 2 unspecified atom stereocenters. The Morgan fingerprint density at radius 1 is 1.41 bits per heavy atom. The van der Waals surface area contributed by atoms with Crippen LogP contribution in [0.4, 0.5) is 5.82 Å². The number of hydrogen-bond acceptors (Lipinski definition) is 4. The van der Waals surface area contributed by atoms with Crippen molar-refractivity contribution in [3.05, 3.63) is 18.3 Å². The third kappa shape index (κ3) is 2.09. The number of nitrogens with one attached hydrogen (secondary N) is 1. The van der Waals surface area contributed by atoms with Gasteiger partial charge < -0.3 is 14.8 Å². The fourth-order valence-electron chi connectivity index (χ4n) is 2.36. The predicted octanol–water partition coefficient (Wildman–Crippen LogP) is 2.32. The van der Waals surface area contributed by atoms with Crippen molar-refractivity contribution in [2.24, 2.45) is 5.41 Å². The first-order chi connectivity index (χ1) is 8.09. The molecular formula is C13H20N2O2. The van der Waals surface area contributed by atoms with Gasteiger partial charge in [-0.15, -0.1) is 0 Å². The quantitative estimate of drug-likeness (QED) is 0.871. The smallest absolute Gasteiger partial charge is 0.168 e. The number of nitrogens with zero attached hydrogens (tertiary/aromatic N) is 1. The van der Waals surface area contributed by atoms with Crippen LogP contribution in [-0.4, -0.2) is 31.3 Å². The molecule has 1 aliphatic carbocycles. The van der Waals surface area contributed by atoms with Gasteiger partial charge >= 0.3 is 0 Å². The van der Waals surface area contributed by atoms with E-state index in [1.165, 1.54) is 0 Å². The monoisotopic (exact) mass is 236 g/mol. The zero-order valence-electron chi connectivity index (χ0n) is 10.9. The molecule has 0 aliphatic heterocycles. The minimum Gasteiger partial charge on any atom is -0.493 e. The van der Waals surface area contributed by atoms with Gasteiger partial charge in [-0.1, -0.05) is 13.8 Å². The predicted molar refractivity (Wildman–Crippen MR) is 67.4 cm³/mol. The van der Waals surface area contributed by atoms with Crippen molar-refractivity contribution >= 4 is 5.82 Å². The number of pyridine rings is 1. The van der Waals surface area contributed by atoms with E-state index in [2.05, 4.69) is 24.1 Å². The highest BCUT2D eigenvalue weighted by atomic mass is 16.5. The average Bonchev–Trinajstić information content (AvgIpc) is 2.34. The van der Waals surface area contributed by atoms with Gasteiger partial charge in [-0.3, -0.25) is 0 Å². The molecule has 1 aromatic heterocycles. The fourth-order valence-corrected chi connectivity index (χ4v) is 2.36. The highest BCUT2D eigenvalue weighted by Gasteiger charge is 2.48. The molecule has 1 saturated carbocycles. The van der Waals surface area contributed by atoms with Crippen LogP contribution in [0.1, 0.15) is 20.3 Å². The van der Waals surface area contributed by atoms with Gasteiger partial charge in [0.2, 0.25) is 0 Å². The second-order valence-corrected chi connectivity index (χ2v) is 5.03. The lowest BCUT2D eigenvalue weighted by Crippen LogP contribution is -2.57. The second-order valence-electron chi connectivity index (χ2n) is 5.03. The molecule has 17 heavy (non-hydrogen) atoms. The zero-order chi connectivity index (χ0) is 12.5. The van der Waals surface area contributed by atoms with Crippen LogP contribution in [-0.2, 0) is 4.74 Å². The van der Waals surface area contributed by atoms with Crippen molar-refractivity contribution < 1.29 is 9.47 Å². The van der Waals surface area contributed by atoms with E-state index in [1.54, 1.807) is 20.4 Å². The molecule has 4 heteroatoms. The van der Waals surface area contributed by atoms with Crippen LogP contribution in [0.25, 0.3) is 0 Å². The molecule has 1 N–H and O–H groups in total. The van der Waals surface area contributed by atoms with Gasteiger partial charge in [-0.25, -0.2) is 4.98 Å². The van der Waals surface area contributed by atoms with E-state index in [9.17, 15) is 0 Å². The Balaban J connectivity index is 2.08. The van der Waals surface area contributed by atoms with Crippen LogP contribution in [0.5, 0.6) is 5.75 Å². The minimum atomic E-state index is 0.122. The Bertz CT molecular complexity index is 393. The lowest BCUT2D eigenvalue weighted by Gasteiger charge is -2.51. The Hall–Kier alpha value is -1.29. The molecule has 1 fully saturated rings. The van der Waals surface area contributed by atoms with Crippen LogP contribution < -0.4 is 10.1 Å². The Morgan fingerprint density at radius 3 is 2.76 bits per heavy atom. The summed E-state index contributed by atoms with van der Waals surface area (Å²) in [5.74, 6) is 1.59. The lowest BCUT2D eigenvalue weighted by atomic mass is 9.64. The van der Waals surface area contributed by atoms with Gasteiger partial charge in [-0.05, 0) is 18.6 Å². The summed E-state index contributed by atoms with van der Waals surface area (Å²) in [4.78, 5) is 4.31. The third-order valence-electron chi connectivity index (χ3n) is 3.76. The van der Waals surface area contributed by atoms with E-state index >= 15 is 0 Å². The highest BCUT2D eigenvalue weighted by molar-refractivity contribution is 5.51. The molecule has 94 valence electrons. The van der Waals surface area contributed by atoms with Crippen molar-refractivity contribution in [2.45, 2.75) is 32.4 Å². The molecule has 0 bridgehead atoms. The summed E-state index contributed by atoms with van der Waals surface area (Å²) < 4.78 is 10.7. The van der Waals surface area contributed by atoms with E-state index in [0.29, 0.717) is 12.1 Å². The number of methoxy groups -OCH3 is 2. The van der Waals surface area contributed by atoms with Crippen LogP contribution >= 0.6 is 0 Å². The summed E-state index contributed by atoms with van der Waals surface area (Å²) in [6, 6.07) is 4.15. The first-order valence-electron chi connectivity index (χ1n) is 5.88. The normalized spacial score (nSPS) is 26.1. The number of hydrogen-bond donors (Lipinski definition) is 1. The number of ether oxygens (including phenoxy) is 2. The maximum atomic E-state index is 5.43. The standard InChI is InChI=1S/C13H20N2O2/c1-13(2)10(8-11(13)17-4)15-12-9(16-3)6-5-7-14-12/h5-7,10-11H,8H2,1-4H3,(H,14,15). The van der Waals surface area contributed by atoms with Crippen molar-refractivity contribution in [1.29, 1.82) is 0 Å². The van der Waals surface area contributed by atoms with Gasteiger partial charge in [0.05, 0.1) is 13.2 Å². The molecule has 0 saturated heterocycles. The van der Waals surface area contributed by atoms with E-state index < -0.39 is 0 Å². The first-order valence-corrected chi connectivity index (χ1v) is 5.88. The summed E-state index contributed by atoms with van der Waals surface area (Å²) in [6.45, 7) is 4.41. The van der Waals surface area contributed by atoms with E-state index in [-0.39, 0.29) is 5.41 Å². The number of rotatable bonds is 4. The lowest BCUT2D eigenvalue weighted by molar-refractivity contribution is -0.0796. The zero-order valence-corrected chi connectivity index (χ0v) is 10.9. The maximum absolute atomic E-state index is 5.43. The highest BCUT2D eigenvalue weighted by Crippen LogP contribution is 2.44. The van der Waals surface area contributed by atoms with Crippen molar-refractivity contribution in [3.63, 3.8) is 0 Å². The van der Waals surface area contributed by atoms with Crippen molar-refractivity contribution in [2.75, 3.05) is 19.5 Å². The maximum Gasteiger partial charge on any atom is 0.168 e. The average molecular weight is 236 g/mol. The SMILES string of the molecule is COc1cccnc1NC1CC(OC)C1(C)C. The van der Waals surface area contributed by atoms with Gasteiger partial charge in [0.15, 0.2) is 11.6 Å². The Morgan fingerprint density at radius 2 is 2.18 bits per heavy atom. The molecule has 1 heterocycles. The molecule has 0 amide bonds. The van der Waals surface area contributed by atoms with Gasteiger partial charge in [0, 0.05) is 24.8 Å². The van der Waals surface area contributed by atoms with E-state index in [0.717, 1.165) is 18.0 Å². The molecule has 4 nitrogen and oxygen atoms in total. The van der Waals surface area contributed by atoms with Gasteiger partial charge in [0.1, 0.15) is 0 Å². The van der Waals surface area contributed by atoms with Gasteiger partial charge in [0.25, 0.3) is 0 Å². The van der Waals surface area contributed by atoms with Crippen molar-refractivity contribution in [3.8, 4) is 5.75 Å². The van der Waals surface area contributed by atoms with Gasteiger partial charge in [-0.2, -0.15) is 0 Å². The fraction of sp³-hybridized carbons (Fsp3) is 0.615. The summed E-state index contributed by atoms with van der Waals surface area (Å²) in [6.07, 6.45) is 3.09. The van der Waals surface area contributed by atoms with Crippen LogP contribution in [0, 0.1) is 5.41 Å². The topological polar surface area (TPSA) is 43.4 Å². The molecule has 0 aromatic carbocycles. The Labute approximate surface area is 102 Å².